The van der Waals surface area contributed by atoms with Gasteiger partial charge < -0.3 is 0 Å². The molecule has 0 fully saturated rings. The molecule has 1 nitrogen and oxygen atoms in total. The molecule has 2 heteroatoms. The second-order valence-corrected chi connectivity index (χ2v) is 7.18. The van der Waals surface area contributed by atoms with Crippen LogP contribution in [0.2, 0.25) is 0 Å². The van der Waals surface area contributed by atoms with Gasteiger partial charge in [-0.2, -0.15) is 0 Å². The molecule has 2 aromatic rings. The minimum absolute atomic E-state index is 0.675. The van der Waals surface area contributed by atoms with Crippen LogP contribution in [0.25, 0.3) is 0 Å². The molecule has 0 radical (unpaired) electrons. The average molecular weight is 358 g/mol. The molecule has 0 heterocycles. The predicted octanol–water partition coefficient (Wildman–Crippen LogP) is 5.22. The van der Waals surface area contributed by atoms with Crippen LogP contribution in [0.5, 0.6) is 0 Å². The normalized spacial score (nSPS) is 17.5. The molecule has 0 aromatic heterocycles. The Morgan fingerprint density at radius 3 is 2.68 bits per heavy atom. The SMILES string of the molecule is CCCN(Cc1ccccc1)[C@H]1CCc2cc(Br)ccc2C1. The molecule has 0 spiro atoms. The van der Waals surface area contributed by atoms with Gasteiger partial charge in [0.15, 0.2) is 0 Å². The van der Waals surface area contributed by atoms with E-state index in [-0.39, 0.29) is 0 Å². The van der Waals surface area contributed by atoms with Gasteiger partial charge in [0.05, 0.1) is 0 Å². The van der Waals surface area contributed by atoms with Gasteiger partial charge in [0.1, 0.15) is 0 Å². The molecule has 0 N–H and O–H groups in total. The molecule has 2 aromatic carbocycles. The minimum atomic E-state index is 0.675. The van der Waals surface area contributed by atoms with Crippen LogP contribution in [0.15, 0.2) is 53.0 Å². The first kappa shape index (κ1) is 15.8. The average Bonchev–Trinajstić information content (AvgIpc) is 2.55. The first-order valence-corrected chi connectivity index (χ1v) is 9.11. The Kier molecular flexibility index (Phi) is 5.32. The maximum atomic E-state index is 3.59. The molecule has 22 heavy (non-hydrogen) atoms. The van der Waals surface area contributed by atoms with Crippen LogP contribution >= 0.6 is 15.9 Å². The first-order valence-electron chi connectivity index (χ1n) is 8.31. The van der Waals surface area contributed by atoms with Crippen LogP contribution in [-0.4, -0.2) is 17.5 Å². The Hall–Kier alpha value is -1.12. The van der Waals surface area contributed by atoms with E-state index in [1.54, 1.807) is 0 Å². The Morgan fingerprint density at radius 2 is 1.91 bits per heavy atom. The number of halogens is 1. The van der Waals surface area contributed by atoms with Crippen molar-refractivity contribution < 1.29 is 0 Å². The van der Waals surface area contributed by atoms with Crippen molar-refractivity contribution in [2.45, 2.75) is 45.2 Å². The van der Waals surface area contributed by atoms with Gasteiger partial charge in [0.2, 0.25) is 0 Å². The van der Waals surface area contributed by atoms with Crippen molar-refractivity contribution >= 4 is 15.9 Å². The highest BCUT2D eigenvalue weighted by molar-refractivity contribution is 9.10. The van der Waals surface area contributed by atoms with Crippen molar-refractivity contribution in [2.24, 2.45) is 0 Å². The fraction of sp³-hybridized carbons (Fsp3) is 0.400. The van der Waals surface area contributed by atoms with Crippen molar-refractivity contribution in [1.29, 1.82) is 0 Å². The zero-order chi connectivity index (χ0) is 15.4. The smallest absolute Gasteiger partial charge is 0.0236 e. The maximum absolute atomic E-state index is 3.59. The highest BCUT2D eigenvalue weighted by Crippen LogP contribution is 2.28. The Balaban J connectivity index is 1.74. The third-order valence-electron chi connectivity index (χ3n) is 4.63. The summed E-state index contributed by atoms with van der Waals surface area (Å²) in [6.45, 7) is 4.54. The van der Waals surface area contributed by atoms with E-state index in [9.17, 15) is 0 Å². The Bertz CT molecular complexity index is 608. The maximum Gasteiger partial charge on any atom is 0.0236 e. The van der Waals surface area contributed by atoms with E-state index in [4.69, 9.17) is 0 Å². The summed E-state index contributed by atoms with van der Waals surface area (Å²) in [7, 11) is 0. The lowest BCUT2D eigenvalue weighted by molar-refractivity contribution is 0.171. The van der Waals surface area contributed by atoms with Crippen LogP contribution in [0.3, 0.4) is 0 Å². The number of hydrogen-bond acceptors (Lipinski definition) is 1. The number of fused-ring (bicyclic) bond motifs is 1. The van der Waals surface area contributed by atoms with Crippen LogP contribution in [0.1, 0.15) is 36.5 Å². The third kappa shape index (κ3) is 3.80. The van der Waals surface area contributed by atoms with Gasteiger partial charge in [-0.05, 0) is 61.1 Å². The van der Waals surface area contributed by atoms with Crippen molar-refractivity contribution in [1.82, 2.24) is 4.90 Å². The van der Waals surface area contributed by atoms with Crippen molar-refractivity contribution in [3.8, 4) is 0 Å². The van der Waals surface area contributed by atoms with Gasteiger partial charge >= 0.3 is 0 Å². The van der Waals surface area contributed by atoms with Crippen molar-refractivity contribution in [3.63, 3.8) is 0 Å². The molecular weight excluding hydrogens is 334 g/mol. The van der Waals surface area contributed by atoms with Gasteiger partial charge in [0.25, 0.3) is 0 Å². The lowest BCUT2D eigenvalue weighted by Gasteiger charge is -2.35. The fourth-order valence-corrected chi connectivity index (χ4v) is 3.92. The molecule has 0 aliphatic heterocycles. The van der Waals surface area contributed by atoms with Gasteiger partial charge in [-0.15, -0.1) is 0 Å². The van der Waals surface area contributed by atoms with Gasteiger partial charge in [-0.3, -0.25) is 4.90 Å². The molecule has 0 unspecified atom stereocenters. The first-order chi connectivity index (χ1) is 10.8. The zero-order valence-electron chi connectivity index (χ0n) is 13.3. The Labute approximate surface area is 142 Å². The van der Waals surface area contributed by atoms with Crippen LogP contribution in [-0.2, 0) is 19.4 Å². The Morgan fingerprint density at radius 1 is 1.09 bits per heavy atom. The summed E-state index contributed by atoms with van der Waals surface area (Å²) in [4.78, 5) is 2.68. The van der Waals surface area contributed by atoms with Crippen molar-refractivity contribution in [2.75, 3.05) is 6.54 Å². The topological polar surface area (TPSA) is 3.24 Å². The summed E-state index contributed by atoms with van der Waals surface area (Å²) < 4.78 is 1.21. The van der Waals surface area contributed by atoms with E-state index in [2.05, 4.69) is 76.3 Å². The largest absolute Gasteiger partial charge is 0.296 e. The summed E-state index contributed by atoms with van der Waals surface area (Å²) in [5.74, 6) is 0. The quantitative estimate of drug-likeness (QED) is 0.708. The van der Waals surface area contributed by atoms with E-state index in [1.807, 2.05) is 0 Å². The second-order valence-electron chi connectivity index (χ2n) is 6.27. The summed E-state index contributed by atoms with van der Waals surface area (Å²) in [6.07, 6.45) is 4.89. The molecule has 116 valence electrons. The summed E-state index contributed by atoms with van der Waals surface area (Å²) in [5.41, 5.74) is 4.49. The zero-order valence-corrected chi connectivity index (χ0v) is 14.8. The number of nitrogens with zero attached hydrogens (tertiary/aromatic N) is 1. The highest BCUT2D eigenvalue weighted by Gasteiger charge is 2.24. The monoisotopic (exact) mass is 357 g/mol. The van der Waals surface area contributed by atoms with Crippen LogP contribution < -0.4 is 0 Å². The number of benzene rings is 2. The second kappa shape index (κ2) is 7.43. The summed E-state index contributed by atoms with van der Waals surface area (Å²) in [6, 6.07) is 18.3. The number of aryl methyl sites for hydroxylation is 1. The van der Waals surface area contributed by atoms with E-state index in [1.165, 1.54) is 53.4 Å². The molecule has 1 atom stereocenters. The van der Waals surface area contributed by atoms with Crippen LogP contribution in [0, 0.1) is 0 Å². The van der Waals surface area contributed by atoms with Gasteiger partial charge in [-0.1, -0.05) is 59.3 Å². The highest BCUT2D eigenvalue weighted by atomic mass is 79.9. The standard InChI is InChI=1S/C20H24BrN/c1-2-12-22(15-16-6-4-3-5-7-16)20-11-9-17-13-19(21)10-8-18(17)14-20/h3-8,10,13,20H,2,9,11-12,14-15H2,1H3/t20-/m0/s1. The lowest BCUT2D eigenvalue weighted by atomic mass is 9.87. The molecule has 1 aliphatic carbocycles. The lowest BCUT2D eigenvalue weighted by Crippen LogP contribution is -2.39. The molecule has 0 amide bonds. The van der Waals surface area contributed by atoms with Crippen molar-refractivity contribution in [3.05, 3.63) is 69.7 Å². The van der Waals surface area contributed by atoms with E-state index in [0.29, 0.717) is 6.04 Å². The van der Waals surface area contributed by atoms with E-state index < -0.39 is 0 Å². The fourth-order valence-electron chi connectivity index (χ4n) is 3.51. The molecule has 0 bridgehead atoms. The van der Waals surface area contributed by atoms with E-state index in [0.717, 1.165) is 6.54 Å². The summed E-state index contributed by atoms with van der Waals surface area (Å²) in [5, 5.41) is 0. The third-order valence-corrected chi connectivity index (χ3v) is 5.12. The number of rotatable bonds is 5. The van der Waals surface area contributed by atoms with Gasteiger partial charge in [0, 0.05) is 17.1 Å². The number of hydrogen-bond donors (Lipinski definition) is 0. The molecule has 0 saturated carbocycles. The van der Waals surface area contributed by atoms with Gasteiger partial charge in [-0.25, -0.2) is 0 Å². The molecule has 1 aliphatic rings. The predicted molar refractivity (Wildman–Crippen MR) is 97.1 cm³/mol. The van der Waals surface area contributed by atoms with E-state index >= 15 is 0 Å². The molecule has 3 rings (SSSR count). The minimum Gasteiger partial charge on any atom is -0.296 e. The molecule has 0 saturated heterocycles. The summed E-state index contributed by atoms with van der Waals surface area (Å²) >= 11 is 3.59. The van der Waals surface area contributed by atoms with Crippen LogP contribution in [0.4, 0.5) is 0 Å². The molecular formula is C20H24BrN.